The molecule has 0 spiro atoms. The molecule has 0 bridgehead atoms. The molecule has 1 fully saturated rings. The van der Waals surface area contributed by atoms with E-state index >= 15 is 0 Å². The molecule has 1 unspecified atom stereocenters. The highest BCUT2D eigenvalue weighted by Crippen LogP contribution is 2.38. The molecule has 2 aromatic carbocycles. The van der Waals surface area contributed by atoms with Crippen LogP contribution in [0.1, 0.15) is 43.6 Å². The van der Waals surface area contributed by atoms with Crippen LogP contribution in [0.2, 0.25) is 0 Å². The van der Waals surface area contributed by atoms with Gasteiger partial charge in [0.2, 0.25) is 0 Å². The van der Waals surface area contributed by atoms with Crippen molar-refractivity contribution >= 4 is 11.6 Å². The van der Waals surface area contributed by atoms with E-state index in [0.717, 1.165) is 54.2 Å². The second-order valence-electron chi connectivity index (χ2n) is 10.0. The molecule has 7 heteroatoms. The SMILES string of the molecule is CC1CCN(CC(=O)N2N=C(c3ccco3)CC2c2cn(-c3ccccc3)nc2-c2ccccc2)CC1. The summed E-state index contributed by atoms with van der Waals surface area (Å²) in [5.41, 5.74) is 4.59. The number of carbonyl (C=O) groups excluding carboxylic acids is 1. The van der Waals surface area contributed by atoms with Crippen LogP contribution in [0.3, 0.4) is 0 Å². The number of hydrogen-bond donors (Lipinski definition) is 0. The zero-order valence-electron chi connectivity index (χ0n) is 21.0. The Morgan fingerprint density at radius 2 is 1.70 bits per heavy atom. The first kappa shape index (κ1) is 23.4. The molecule has 0 N–H and O–H groups in total. The van der Waals surface area contributed by atoms with Crippen molar-refractivity contribution in [2.75, 3.05) is 19.6 Å². The smallest absolute Gasteiger partial charge is 0.257 e. The predicted molar refractivity (Wildman–Crippen MR) is 143 cm³/mol. The monoisotopic (exact) mass is 493 g/mol. The number of carbonyl (C=O) groups is 1. The molecule has 1 saturated heterocycles. The maximum Gasteiger partial charge on any atom is 0.257 e. The first-order valence-corrected chi connectivity index (χ1v) is 13.0. The van der Waals surface area contributed by atoms with E-state index in [9.17, 15) is 4.79 Å². The summed E-state index contributed by atoms with van der Waals surface area (Å²) in [6.45, 7) is 4.54. The Balaban J connectivity index is 1.38. The van der Waals surface area contributed by atoms with Crippen LogP contribution in [-0.4, -0.2) is 50.9 Å². The second kappa shape index (κ2) is 10.2. The molecule has 188 valence electrons. The Bertz CT molecular complexity index is 1370. The highest BCUT2D eigenvalue weighted by molar-refractivity contribution is 6.01. The van der Waals surface area contributed by atoms with Gasteiger partial charge >= 0.3 is 0 Å². The van der Waals surface area contributed by atoms with Gasteiger partial charge < -0.3 is 4.42 Å². The number of rotatable bonds is 6. The molecule has 2 aliphatic rings. The van der Waals surface area contributed by atoms with Gasteiger partial charge in [-0.1, -0.05) is 55.5 Å². The third-order valence-corrected chi connectivity index (χ3v) is 7.38. The maximum absolute atomic E-state index is 13.7. The van der Waals surface area contributed by atoms with Gasteiger partial charge in [-0.3, -0.25) is 9.69 Å². The van der Waals surface area contributed by atoms with Gasteiger partial charge in [-0.15, -0.1) is 0 Å². The Labute approximate surface area is 217 Å². The average Bonchev–Trinajstić information content (AvgIpc) is 3.70. The molecule has 2 aliphatic heterocycles. The first-order valence-electron chi connectivity index (χ1n) is 13.0. The van der Waals surface area contributed by atoms with Gasteiger partial charge in [0.1, 0.15) is 11.5 Å². The van der Waals surface area contributed by atoms with Gasteiger partial charge in [-0.25, -0.2) is 9.69 Å². The van der Waals surface area contributed by atoms with E-state index in [-0.39, 0.29) is 11.9 Å². The van der Waals surface area contributed by atoms with Crippen LogP contribution in [0, 0.1) is 5.92 Å². The number of benzene rings is 2. The summed E-state index contributed by atoms with van der Waals surface area (Å²) in [7, 11) is 0. The van der Waals surface area contributed by atoms with Crippen molar-refractivity contribution in [2.24, 2.45) is 11.0 Å². The number of furan rings is 1. The van der Waals surface area contributed by atoms with Crippen LogP contribution >= 0.6 is 0 Å². The third-order valence-electron chi connectivity index (χ3n) is 7.38. The van der Waals surface area contributed by atoms with E-state index in [2.05, 4.69) is 24.0 Å². The molecule has 0 aliphatic carbocycles. The van der Waals surface area contributed by atoms with Crippen LogP contribution in [0.4, 0.5) is 0 Å². The zero-order valence-corrected chi connectivity index (χ0v) is 21.0. The van der Waals surface area contributed by atoms with Crippen LogP contribution in [-0.2, 0) is 4.79 Å². The summed E-state index contributed by atoms with van der Waals surface area (Å²) >= 11 is 0. The average molecular weight is 494 g/mol. The largest absolute Gasteiger partial charge is 0.463 e. The number of likely N-dealkylation sites (tertiary alicyclic amines) is 1. The number of amides is 1. The fraction of sp³-hybridized carbons (Fsp3) is 0.300. The Hall–Kier alpha value is -3.97. The van der Waals surface area contributed by atoms with Gasteiger partial charge in [0.15, 0.2) is 0 Å². The van der Waals surface area contributed by atoms with Gasteiger partial charge in [0.25, 0.3) is 5.91 Å². The molecule has 1 atom stereocenters. The van der Waals surface area contributed by atoms with E-state index in [0.29, 0.717) is 24.6 Å². The van der Waals surface area contributed by atoms with E-state index < -0.39 is 0 Å². The van der Waals surface area contributed by atoms with Gasteiger partial charge in [0.05, 0.1) is 30.2 Å². The Morgan fingerprint density at radius 3 is 2.41 bits per heavy atom. The minimum atomic E-state index is -0.274. The van der Waals surface area contributed by atoms with Crippen LogP contribution in [0.5, 0.6) is 0 Å². The van der Waals surface area contributed by atoms with Crippen molar-refractivity contribution in [2.45, 2.75) is 32.2 Å². The number of para-hydroxylation sites is 1. The van der Waals surface area contributed by atoms with Crippen LogP contribution in [0.25, 0.3) is 16.9 Å². The van der Waals surface area contributed by atoms with Crippen molar-refractivity contribution in [3.8, 4) is 16.9 Å². The van der Waals surface area contributed by atoms with Crippen molar-refractivity contribution in [1.82, 2.24) is 19.7 Å². The quantitative estimate of drug-likeness (QED) is 0.354. The lowest BCUT2D eigenvalue weighted by atomic mass is 9.97. The van der Waals surface area contributed by atoms with Gasteiger partial charge in [0, 0.05) is 23.7 Å². The lowest BCUT2D eigenvalue weighted by molar-refractivity contribution is -0.134. The summed E-state index contributed by atoms with van der Waals surface area (Å²) < 4.78 is 7.58. The molecular weight excluding hydrogens is 462 g/mol. The molecule has 4 aromatic rings. The summed E-state index contributed by atoms with van der Waals surface area (Å²) in [6.07, 6.45) is 6.51. The fourth-order valence-electron chi connectivity index (χ4n) is 5.22. The lowest BCUT2D eigenvalue weighted by Crippen LogP contribution is -2.41. The molecule has 0 radical (unpaired) electrons. The van der Waals surface area contributed by atoms with E-state index in [4.69, 9.17) is 14.6 Å². The topological polar surface area (TPSA) is 66.9 Å². The summed E-state index contributed by atoms with van der Waals surface area (Å²) in [4.78, 5) is 16.0. The molecule has 7 nitrogen and oxygen atoms in total. The molecule has 6 rings (SSSR count). The summed E-state index contributed by atoms with van der Waals surface area (Å²) in [5.74, 6) is 1.42. The lowest BCUT2D eigenvalue weighted by Gasteiger charge is -2.31. The Morgan fingerprint density at radius 1 is 0.973 bits per heavy atom. The second-order valence-corrected chi connectivity index (χ2v) is 10.0. The highest BCUT2D eigenvalue weighted by Gasteiger charge is 2.37. The highest BCUT2D eigenvalue weighted by atomic mass is 16.3. The number of aromatic nitrogens is 2. The van der Waals surface area contributed by atoms with Crippen molar-refractivity contribution < 1.29 is 9.21 Å². The number of piperidine rings is 1. The normalized spacial score (nSPS) is 18.8. The van der Waals surface area contributed by atoms with Crippen LogP contribution in [0.15, 0.2) is 94.8 Å². The van der Waals surface area contributed by atoms with E-state index in [1.54, 1.807) is 11.3 Å². The van der Waals surface area contributed by atoms with Crippen molar-refractivity contribution in [3.63, 3.8) is 0 Å². The third kappa shape index (κ3) is 4.87. The van der Waals surface area contributed by atoms with Gasteiger partial charge in [-0.05, 0) is 56.1 Å². The van der Waals surface area contributed by atoms with Gasteiger partial charge in [-0.2, -0.15) is 10.2 Å². The number of hydrazone groups is 1. The fourth-order valence-corrected chi connectivity index (χ4v) is 5.22. The molecular formula is C30H31N5O2. The summed E-state index contributed by atoms with van der Waals surface area (Å²) in [5, 5.41) is 11.5. The molecule has 4 heterocycles. The molecule has 2 aromatic heterocycles. The van der Waals surface area contributed by atoms with Crippen molar-refractivity contribution in [3.05, 3.63) is 96.6 Å². The number of hydrogen-bond acceptors (Lipinski definition) is 5. The van der Waals surface area contributed by atoms with Crippen molar-refractivity contribution in [1.29, 1.82) is 0 Å². The first-order chi connectivity index (χ1) is 18.2. The number of nitrogens with zero attached hydrogens (tertiary/aromatic N) is 5. The molecule has 1 amide bonds. The summed E-state index contributed by atoms with van der Waals surface area (Å²) in [6, 6.07) is 23.7. The van der Waals surface area contributed by atoms with Crippen LogP contribution < -0.4 is 0 Å². The van der Waals surface area contributed by atoms with E-state index in [1.807, 2.05) is 71.5 Å². The Kier molecular flexibility index (Phi) is 6.45. The molecule has 37 heavy (non-hydrogen) atoms. The van der Waals surface area contributed by atoms with E-state index in [1.165, 1.54) is 0 Å². The maximum atomic E-state index is 13.7. The minimum absolute atomic E-state index is 0.00702. The minimum Gasteiger partial charge on any atom is -0.463 e. The molecule has 0 saturated carbocycles. The zero-order chi connectivity index (χ0) is 25.2. The standard InChI is InChI=1S/C30H31N5O2/c1-22-14-16-33(17-15-22)21-29(36)35-27(19-26(31-35)28-13-8-18-37-28)25-20-34(24-11-6-3-7-12-24)32-30(25)23-9-4-2-5-10-23/h2-13,18,20,22,27H,14-17,19,21H2,1H3. The predicted octanol–water partition coefficient (Wildman–Crippen LogP) is 5.54.